The fourth-order valence-electron chi connectivity index (χ4n) is 0.888. The van der Waals surface area contributed by atoms with Gasteiger partial charge in [-0.15, -0.1) is 13.2 Å². The lowest BCUT2D eigenvalue weighted by Gasteiger charge is -2.07. The van der Waals surface area contributed by atoms with E-state index in [-0.39, 0.29) is 12.4 Å². The summed E-state index contributed by atoms with van der Waals surface area (Å²) in [5, 5.41) is 0. The first-order valence-corrected chi connectivity index (χ1v) is 3.70. The molecule has 0 N–H and O–H groups in total. The van der Waals surface area contributed by atoms with E-state index >= 15 is 0 Å². The molecule has 1 heterocycles. The average Bonchev–Trinajstić information content (AvgIpc) is 2.49. The van der Waals surface area contributed by atoms with Gasteiger partial charge in [-0.2, -0.15) is 0 Å². The van der Waals surface area contributed by atoms with Gasteiger partial charge in [0, 0.05) is 18.9 Å². The Hall–Kier alpha value is -1.37. The van der Waals surface area contributed by atoms with Gasteiger partial charge in [0.2, 0.25) is 0 Å². The quantitative estimate of drug-likeness (QED) is 0.699. The van der Waals surface area contributed by atoms with Gasteiger partial charge in [-0.3, -0.25) is 9.53 Å². The van der Waals surface area contributed by atoms with Crippen molar-refractivity contribution in [1.82, 2.24) is 9.55 Å². The Balaban J connectivity index is 2.42. The van der Waals surface area contributed by atoms with Crippen molar-refractivity contribution in [1.29, 1.82) is 0 Å². The molecule has 14 heavy (non-hydrogen) atoms. The van der Waals surface area contributed by atoms with Gasteiger partial charge in [-0.05, 0) is 0 Å². The van der Waals surface area contributed by atoms with Gasteiger partial charge in [-0.1, -0.05) is 0 Å². The van der Waals surface area contributed by atoms with Crippen LogP contribution in [0.15, 0.2) is 12.4 Å². The summed E-state index contributed by atoms with van der Waals surface area (Å²) in [6.07, 6.45) is -1.43. The van der Waals surface area contributed by atoms with Gasteiger partial charge in [0.25, 0.3) is 0 Å². The van der Waals surface area contributed by atoms with E-state index in [0.717, 1.165) is 0 Å². The van der Waals surface area contributed by atoms with Gasteiger partial charge in [0.1, 0.15) is 0 Å². The predicted molar refractivity (Wildman–Crippen MR) is 39.6 cm³/mol. The van der Waals surface area contributed by atoms with Crippen molar-refractivity contribution in [3.8, 4) is 0 Å². The Labute approximate surface area is 77.3 Å². The van der Waals surface area contributed by atoms with Gasteiger partial charge in [0.15, 0.2) is 12.1 Å². The number of hydrogen-bond acceptors (Lipinski definition) is 3. The van der Waals surface area contributed by atoms with E-state index in [0.29, 0.717) is 6.29 Å². The summed E-state index contributed by atoms with van der Waals surface area (Å²) in [5.41, 5.74) is 0. The van der Waals surface area contributed by atoms with Crippen LogP contribution in [0.1, 0.15) is 10.6 Å². The molecule has 0 saturated heterocycles. The first-order chi connectivity index (χ1) is 6.53. The maximum Gasteiger partial charge on any atom is 0.522 e. The highest BCUT2D eigenvalue weighted by Gasteiger charge is 2.28. The van der Waals surface area contributed by atoms with Gasteiger partial charge < -0.3 is 4.57 Å². The summed E-state index contributed by atoms with van der Waals surface area (Å²) < 4.78 is 39.5. The first kappa shape index (κ1) is 10.7. The molecule has 0 fully saturated rings. The summed E-state index contributed by atoms with van der Waals surface area (Å²) in [7, 11) is 0. The molecule has 1 aromatic rings. The maximum atomic E-state index is 11.6. The highest BCUT2D eigenvalue weighted by atomic mass is 19.4. The van der Waals surface area contributed by atoms with Crippen LogP contribution in [-0.2, 0) is 11.3 Å². The molecule has 0 spiro atoms. The molecule has 78 valence electrons. The van der Waals surface area contributed by atoms with Crippen LogP contribution >= 0.6 is 0 Å². The van der Waals surface area contributed by atoms with Crippen LogP contribution in [-0.4, -0.2) is 28.8 Å². The molecular formula is C7H7F3N2O2. The zero-order valence-corrected chi connectivity index (χ0v) is 6.99. The molecule has 0 atom stereocenters. The average molecular weight is 208 g/mol. The molecular weight excluding hydrogens is 201 g/mol. The van der Waals surface area contributed by atoms with Crippen molar-refractivity contribution in [2.75, 3.05) is 6.61 Å². The molecule has 0 aliphatic rings. The van der Waals surface area contributed by atoms with E-state index in [1.165, 1.54) is 17.0 Å². The van der Waals surface area contributed by atoms with E-state index in [2.05, 4.69) is 9.72 Å². The zero-order valence-electron chi connectivity index (χ0n) is 6.99. The van der Waals surface area contributed by atoms with Gasteiger partial charge >= 0.3 is 6.36 Å². The van der Waals surface area contributed by atoms with Gasteiger partial charge in [0.05, 0.1) is 6.61 Å². The minimum absolute atomic E-state index is 0.0619. The Morgan fingerprint density at radius 2 is 2.29 bits per heavy atom. The number of aldehydes is 1. The standard InChI is InChI=1S/C7H7F3N2O2/c8-7(9,10)14-4-3-12-2-1-11-6(12)5-13/h1-2,5H,3-4H2. The highest BCUT2D eigenvalue weighted by Crippen LogP contribution is 2.15. The molecule has 0 aliphatic heterocycles. The SMILES string of the molecule is O=Cc1nccn1CCOC(F)(F)F. The minimum Gasteiger partial charge on any atom is -0.326 e. The van der Waals surface area contributed by atoms with Crippen molar-refractivity contribution in [3.63, 3.8) is 0 Å². The molecule has 0 radical (unpaired) electrons. The van der Waals surface area contributed by atoms with Crippen molar-refractivity contribution in [2.45, 2.75) is 12.9 Å². The molecule has 0 amide bonds. The Morgan fingerprint density at radius 3 is 2.86 bits per heavy atom. The number of carbonyl (C=O) groups is 1. The second-order valence-corrected chi connectivity index (χ2v) is 2.39. The number of hydrogen-bond donors (Lipinski definition) is 0. The highest BCUT2D eigenvalue weighted by molar-refractivity contribution is 5.69. The van der Waals surface area contributed by atoms with Crippen LogP contribution in [0.2, 0.25) is 0 Å². The summed E-state index contributed by atoms with van der Waals surface area (Å²) >= 11 is 0. The lowest BCUT2D eigenvalue weighted by Crippen LogP contribution is -2.18. The molecule has 4 nitrogen and oxygen atoms in total. The van der Waals surface area contributed by atoms with Crippen LogP contribution < -0.4 is 0 Å². The summed E-state index contributed by atoms with van der Waals surface area (Å²) in [5.74, 6) is 0.0794. The minimum atomic E-state index is -4.64. The van der Waals surface area contributed by atoms with Crippen molar-refractivity contribution >= 4 is 6.29 Å². The van der Waals surface area contributed by atoms with Crippen LogP contribution in [0.3, 0.4) is 0 Å². The third-order valence-electron chi connectivity index (χ3n) is 1.45. The van der Waals surface area contributed by atoms with Crippen molar-refractivity contribution in [2.24, 2.45) is 0 Å². The van der Waals surface area contributed by atoms with E-state index in [4.69, 9.17) is 0 Å². The number of rotatable bonds is 4. The second kappa shape index (κ2) is 4.23. The Bertz CT molecular complexity index is 308. The fourth-order valence-corrected chi connectivity index (χ4v) is 0.888. The fraction of sp³-hybridized carbons (Fsp3) is 0.429. The van der Waals surface area contributed by atoms with Crippen LogP contribution in [0.4, 0.5) is 13.2 Å². The number of carbonyl (C=O) groups excluding carboxylic acids is 1. The number of alkyl halides is 3. The zero-order chi connectivity index (χ0) is 10.6. The molecule has 0 aliphatic carbocycles. The van der Waals surface area contributed by atoms with Crippen molar-refractivity contribution < 1.29 is 22.7 Å². The first-order valence-electron chi connectivity index (χ1n) is 3.70. The number of imidazole rings is 1. The third kappa shape index (κ3) is 3.17. The summed E-state index contributed by atoms with van der Waals surface area (Å²) in [6.45, 7) is -0.603. The molecule has 0 saturated carbocycles. The Morgan fingerprint density at radius 1 is 1.57 bits per heavy atom. The predicted octanol–water partition coefficient (Wildman–Crippen LogP) is 1.23. The van der Waals surface area contributed by atoms with Crippen LogP contribution in [0.25, 0.3) is 0 Å². The molecule has 0 unspecified atom stereocenters. The lowest BCUT2D eigenvalue weighted by molar-refractivity contribution is -0.325. The summed E-state index contributed by atoms with van der Waals surface area (Å²) in [4.78, 5) is 13.9. The van der Waals surface area contributed by atoms with Gasteiger partial charge in [-0.25, -0.2) is 4.98 Å². The number of aromatic nitrogens is 2. The smallest absolute Gasteiger partial charge is 0.326 e. The largest absolute Gasteiger partial charge is 0.522 e. The lowest BCUT2D eigenvalue weighted by atomic mass is 10.6. The van der Waals surface area contributed by atoms with E-state index in [1.54, 1.807) is 0 Å². The van der Waals surface area contributed by atoms with Crippen molar-refractivity contribution in [3.05, 3.63) is 18.2 Å². The molecule has 0 aromatic carbocycles. The van der Waals surface area contributed by atoms with Crippen LogP contribution in [0, 0.1) is 0 Å². The van der Waals surface area contributed by atoms with E-state index < -0.39 is 13.0 Å². The van der Waals surface area contributed by atoms with E-state index in [1.807, 2.05) is 0 Å². The molecule has 1 aromatic heterocycles. The number of halogens is 3. The number of ether oxygens (including phenoxy) is 1. The maximum absolute atomic E-state index is 11.6. The number of nitrogens with zero attached hydrogens (tertiary/aromatic N) is 2. The topological polar surface area (TPSA) is 44.1 Å². The Kier molecular flexibility index (Phi) is 3.23. The van der Waals surface area contributed by atoms with Crippen LogP contribution in [0.5, 0.6) is 0 Å². The summed E-state index contributed by atoms with van der Waals surface area (Å²) in [6, 6.07) is 0. The monoisotopic (exact) mass is 208 g/mol. The van der Waals surface area contributed by atoms with E-state index in [9.17, 15) is 18.0 Å². The third-order valence-corrected chi connectivity index (χ3v) is 1.45. The molecule has 1 rings (SSSR count). The second-order valence-electron chi connectivity index (χ2n) is 2.39. The molecule has 0 bridgehead atoms. The normalized spacial score (nSPS) is 11.6. The molecule has 7 heteroatoms.